The van der Waals surface area contributed by atoms with E-state index in [9.17, 15) is 18.4 Å². The summed E-state index contributed by atoms with van der Waals surface area (Å²) in [6.07, 6.45) is 1.37. The van der Waals surface area contributed by atoms with Crippen LogP contribution in [0, 0.1) is 0 Å². The molecular weight excluding hydrogens is 448 g/mol. The summed E-state index contributed by atoms with van der Waals surface area (Å²) in [4.78, 5) is 28.2. The van der Waals surface area contributed by atoms with Crippen molar-refractivity contribution in [3.8, 4) is 11.4 Å². The van der Waals surface area contributed by atoms with Crippen LogP contribution in [0.3, 0.4) is 0 Å². The monoisotopic (exact) mass is 471 g/mol. The fraction of sp³-hybridized carbons (Fsp3) is 0.500. The van der Waals surface area contributed by atoms with E-state index in [1.165, 1.54) is 12.1 Å². The van der Waals surface area contributed by atoms with Gasteiger partial charge in [-0.25, -0.2) is 14.6 Å². The van der Waals surface area contributed by atoms with Crippen LogP contribution >= 0.6 is 11.6 Å². The maximum Gasteiger partial charge on any atom is 0.408 e. The van der Waals surface area contributed by atoms with Crippen molar-refractivity contribution < 1.29 is 27.8 Å². The Morgan fingerprint density at radius 3 is 2.59 bits per heavy atom. The summed E-state index contributed by atoms with van der Waals surface area (Å²) < 4.78 is 36.7. The van der Waals surface area contributed by atoms with E-state index in [4.69, 9.17) is 21.1 Å². The zero-order valence-corrected chi connectivity index (χ0v) is 18.5. The third-order valence-electron chi connectivity index (χ3n) is 4.31. The fourth-order valence-corrected chi connectivity index (χ4v) is 2.89. The molecule has 0 aliphatic heterocycles. The summed E-state index contributed by atoms with van der Waals surface area (Å²) in [6, 6.07) is 3.97. The van der Waals surface area contributed by atoms with Gasteiger partial charge in [0.05, 0.1) is 11.1 Å². The maximum atomic E-state index is 12.9. The maximum absolute atomic E-state index is 12.9. The molecule has 3 rings (SSSR count). The van der Waals surface area contributed by atoms with Crippen LogP contribution in [0.2, 0.25) is 5.02 Å². The molecule has 2 amide bonds. The molecule has 1 heterocycles. The van der Waals surface area contributed by atoms with Gasteiger partial charge < -0.3 is 20.1 Å². The molecule has 1 aromatic heterocycles. The number of alkyl carbamates (subject to hydrolysis) is 2. The normalized spacial score (nSPS) is 14.7. The van der Waals surface area contributed by atoms with Gasteiger partial charge in [0.2, 0.25) is 0 Å². The van der Waals surface area contributed by atoms with Gasteiger partial charge >= 0.3 is 18.7 Å². The van der Waals surface area contributed by atoms with Crippen LogP contribution in [0.5, 0.6) is 0 Å². The zero-order valence-electron chi connectivity index (χ0n) is 17.8. The second kappa shape index (κ2) is 9.68. The Kier molecular flexibility index (Phi) is 7.17. The molecule has 0 bridgehead atoms. The third-order valence-corrected chi connectivity index (χ3v) is 4.64. The van der Waals surface area contributed by atoms with Gasteiger partial charge in [0.1, 0.15) is 18.5 Å². The first kappa shape index (κ1) is 23.7. The van der Waals surface area contributed by atoms with Gasteiger partial charge in [0.15, 0.2) is 5.82 Å². The minimum Gasteiger partial charge on any atom is -0.447 e. The van der Waals surface area contributed by atoms with Gasteiger partial charge in [-0.05, 0) is 51.3 Å². The summed E-state index contributed by atoms with van der Waals surface area (Å²) in [6.45, 7) is 2.10. The van der Waals surface area contributed by atoms with E-state index >= 15 is 0 Å². The molecule has 0 radical (unpaired) electrons. The molecule has 0 spiro atoms. The van der Waals surface area contributed by atoms with Crippen LogP contribution in [0.4, 0.5) is 18.4 Å². The molecule has 0 unspecified atom stereocenters. The van der Waals surface area contributed by atoms with Crippen LogP contribution in [-0.2, 0) is 9.47 Å². The molecule has 2 aromatic rings. The molecule has 2 N–H and O–H groups in total. The predicted octanol–water partition coefficient (Wildman–Crippen LogP) is 4.45. The van der Waals surface area contributed by atoms with Gasteiger partial charge in [0, 0.05) is 11.6 Å². The zero-order chi connectivity index (χ0) is 23.5. The Labute approximate surface area is 188 Å². The molecular formula is C20H24ClF2N5O4. The minimum absolute atomic E-state index is 0.0134. The highest BCUT2D eigenvalue weighted by Gasteiger charge is 2.26. The Morgan fingerprint density at radius 1 is 1.28 bits per heavy atom. The summed E-state index contributed by atoms with van der Waals surface area (Å²) in [5.41, 5.74) is 0.0283. The minimum atomic E-state index is -2.85. The van der Waals surface area contributed by atoms with Gasteiger partial charge in [0.25, 0.3) is 0 Å². The van der Waals surface area contributed by atoms with E-state index in [1.54, 1.807) is 26.8 Å². The number of amides is 2. The van der Waals surface area contributed by atoms with Gasteiger partial charge in [-0.2, -0.15) is 13.5 Å². The Morgan fingerprint density at radius 2 is 2.00 bits per heavy atom. The Bertz CT molecular complexity index is 975. The number of halogens is 3. The van der Waals surface area contributed by atoms with Crippen molar-refractivity contribution in [2.45, 2.75) is 57.8 Å². The number of hydrogen-bond acceptors (Lipinski definition) is 6. The average molecular weight is 472 g/mol. The fourth-order valence-electron chi connectivity index (χ4n) is 2.69. The molecule has 1 aromatic carbocycles. The van der Waals surface area contributed by atoms with Crippen LogP contribution in [0.1, 0.15) is 51.8 Å². The first-order valence-electron chi connectivity index (χ1n) is 9.94. The molecule has 1 aliphatic carbocycles. The largest absolute Gasteiger partial charge is 0.447 e. The van der Waals surface area contributed by atoms with E-state index in [2.05, 4.69) is 20.7 Å². The topological polar surface area (TPSA) is 107 Å². The molecule has 1 saturated carbocycles. The van der Waals surface area contributed by atoms with Crippen molar-refractivity contribution in [2.75, 3.05) is 6.61 Å². The quantitative estimate of drug-likeness (QED) is 0.617. The standard InChI is InChI=1S/C20H24ClF2N5O4/c1-20(2,3)32-19(30)26-15(9-31-18(29)25-12-5-6-12)11-4-7-14(21)13(8-11)16-24-10-28(27-16)17(22)23/h4,7-8,10,12,15,17H,5-6,9H2,1-3H3,(H,25,29)(H,26,30)/t15-/m1/s1. The average Bonchev–Trinajstić information content (AvgIpc) is 3.35. The smallest absolute Gasteiger partial charge is 0.408 e. The lowest BCUT2D eigenvalue weighted by molar-refractivity contribution is 0.0469. The molecule has 9 nitrogen and oxygen atoms in total. The molecule has 32 heavy (non-hydrogen) atoms. The number of aromatic nitrogens is 3. The number of rotatable bonds is 7. The van der Waals surface area contributed by atoms with Crippen LogP contribution in [-0.4, -0.2) is 45.2 Å². The summed E-state index contributed by atoms with van der Waals surface area (Å²) >= 11 is 6.22. The van der Waals surface area contributed by atoms with Gasteiger partial charge in [-0.15, -0.1) is 5.10 Å². The van der Waals surface area contributed by atoms with Gasteiger partial charge in [-0.1, -0.05) is 17.7 Å². The van der Waals surface area contributed by atoms with E-state index in [1.807, 2.05) is 0 Å². The number of nitrogens with zero attached hydrogens (tertiary/aromatic N) is 3. The second-order valence-corrected chi connectivity index (χ2v) is 8.69. The van der Waals surface area contributed by atoms with Crippen LogP contribution in [0.15, 0.2) is 24.5 Å². The first-order valence-corrected chi connectivity index (χ1v) is 10.3. The lowest BCUT2D eigenvalue weighted by Crippen LogP contribution is -2.38. The van der Waals surface area contributed by atoms with Crippen molar-refractivity contribution in [2.24, 2.45) is 0 Å². The van der Waals surface area contributed by atoms with E-state index in [-0.39, 0.29) is 29.1 Å². The number of carbonyl (C=O) groups is 2. The molecule has 12 heteroatoms. The summed E-state index contributed by atoms with van der Waals surface area (Å²) in [5.74, 6) is -0.0134. The number of hydrogen-bond donors (Lipinski definition) is 2. The Balaban J connectivity index is 1.82. The number of alkyl halides is 2. The summed E-state index contributed by atoms with van der Waals surface area (Å²) in [7, 11) is 0. The molecule has 174 valence electrons. The van der Waals surface area contributed by atoms with E-state index in [0.29, 0.717) is 10.2 Å². The number of benzene rings is 1. The lowest BCUT2D eigenvalue weighted by atomic mass is 10.0. The molecule has 0 saturated heterocycles. The van der Waals surface area contributed by atoms with Gasteiger partial charge in [-0.3, -0.25) is 0 Å². The Hall–Kier alpha value is -2.95. The third kappa shape index (κ3) is 6.78. The number of nitrogens with one attached hydrogen (secondary N) is 2. The van der Waals surface area contributed by atoms with E-state index in [0.717, 1.165) is 19.2 Å². The van der Waals surface area contributed by atoms with Crippen molar-refractivity contribution in [1.82, 2.24) is 25.4 Å². The van der Waals surface area contributed by atoms with Crippen LogP contribution < -0.4 is 10.6 Å². The van der Waals surface area contributed by atoms with Crippen molar-refractivity contribution in [3.05, 3.63) is 35.1 Å². The first-order chi connectivity index (χ1) is 15.0. The molecule has 1 fully saturated rings. The SMILES string of the molecule is CC(C)(C)OC(=O)N[C@H](COC(=O)NC1CC1)c1ccc(Cl)c(-c2ncn(C(F)F)n2)c1. The number of carbonyl (C=O) groups excluding carboxylic acids is 2. The highest BCUT2D eigenvalue weighted by molar-refractivity contribution is 6.33. The van der Waals surface area contributed by atoms with Crippen LogP contribution in [0.25, 0.3) is 11.4 Å². The molecule has 1 atom stereocenters. The highest BCUT2D eigenvalue weighted by atomic mass is 35.5. The van der Waals surface area contributed by atoms with Crippen molar-refractivity contribution in [3.63, 3.8) is 0 Å². The highest BCUT2D eigenvalue weighted by Crippen LogP contribution is 2.29. The lowest BCUT2D eigenvalue weighted by Gasteiger charge is -2.24. The predicted molar refractivity (Wildman–Crippen MR) is 111 cm³/mol. The summed E-state index contributed by atoms with van der Waals surface area (Å²) in [5, 5.41) is 9.31. The van der Waals surface area contributed by atoms with Crippen molar-refractivity contribution in [1.29, 1.82) is 0 Å². The van der Waals surface area contributed by atoms with Crippen molar-refractivity contribution >= 4 is 23.8 Å². The molecule has 1 aliphatic rings. The number of ether oxygens (including phenoxy) is 2. The van der Waals surface area contributed by atoms with E-state index < -0.39 is 30.4 Å². The second-order valence-electron chi connectivity index (χ2n) is 8.28.